The monoisotopic (exact) mass is 280 g/mol. The van der Waals surface area contributed by atoms with Gasteiger partial charge in [0.1, 0.15) is 5.75 Å². The van der Waals surface area contributed by atoms with Crippen LogP contribution in [0.5, 0.6) is 5.75 Å². The molecule has 1 aliphatic rings. The second-order valence-corrected chi connectivity index (χ2v) is 4.82. The van der Waals surface area contributed by atoms with E-state index in [1.54, 1.807) is 7.11 Å². The molecule has 0 bridgehead atoms. The summed E-state index contributed by atoms with van der Waals surface area (Å²) in [4.78, 5) is 12.1. The van der Waals surface area contributed by atoms with Crippen molar-refractivity contribution in [2.75, 3.05) is 12.1 Å². The zero-order chi connectivity index (χ0) is 14.7. The van der Waals surface area contributed by atoms with E-state index in [1.807, 2.05) is 54.6 Å². The predicted molar refractivity (Wildman–Crippen MR) is 82.7 cm³/mol. The maximum absolute atomic E-state index is 12.1. The number of hydrogen-bond donors (Lipinski definition) is 0. The van der Waals surface area contributed by atoms with Crippen molar-refractivity contribution in [3.8, 4) is 5.75 Å². The lowest BCUT2D eigenvalue weighted by Gasteiger charge is -2.23. The molecule has 0 aliphatic carbocycles. The van der Waals surface area contributed by atoms with Gasteiger partial charge in [-0.25, -0.2) is 5.01 Å². The molecule has 21 heavy (non-hydrogen) atoms. The predicted octanol–water partition coefficient (Wildman–Crippen LogP) is 3.23. The molecule has 0 atom stereocenters. The summed E-state index contributed by atoms with van der Waals surface area (Å²) < 4.78 is 5.16. The van der Waals surface area contributed by atoms with Gasteiger partial charge in [0, 0.05) is 12.8 Å². The topological polar surface area (TPSA) is 41.9 Å². The van der Waals surface area contributed by atoms with E-state index in [1.165, 1.54) is 5.01 Å². The van der Waals surface area contributed by atoms with Crippen LogP contribution in [0.2, 0.25) is 0 Å². The summed E-state index contributed by atoms with van der Waals surface area (Å²) in [6, 6.07) is 17.2. The van der Waals surface area contributed by atoms with Gasteiger partial charge < -0.3 is 4.74 Å². The summed E-state index contributed by atoms with van der Waals surface area (Å²) >= 11 is 0. The van der Waals surface area contributed by atoms with Crippen LogP contribution < -0.4 is 9.75 Å². The summed E-state index contributed by atoms with van der Waals surface area (Å²) in [5.41, 5.74) is 2.73. The molecular formula is C17H16N2O2. The second-order valence-electron chi connectivity index (χ2n) is 4.82. The van der Waals surface area contributed by atoms with Crippen molar-refractivity contribution in [1.82, 2.24) is 0 Å². The quantitative estimate of drug-likeness (QED) is 0.866. The first-order valence-corrected chi connectivity index (χ1v) is 6.88. The molecule has 0 aromatic heterocycles. The molecule has 0 radical (unpaired) electrons. The SMILES string of the molecule is COc1ccc(C2=NN(c3ccccc3)C(=O)CC2)cc1. The van der Waals surface area contributed by atoms with Crippen LogP contribution in [0, 0.1) is 0 Å². The summed E-state index contributed by atoms with van der Waals surface area (Å²) in [7, 11) is 1.64. The smallest absolute Gasteiger partial charge is 0.247 e. The average molecular weight is 280 g/mol. The van der Waals surface area contributed by atoms with Crippen LogP contribution in [0.4, 0.5) is 5.69 Å². The number of benzene rings is 2. The van der Waals surface area contributed by atoms with Crippen LogP contribution in [-0.4, -0.2) is 18.7 Å². The van der Waals surface area contributed by atoms with Crippen molar-refractivity contribution in [2.24, 2.45) is 5.10 Å². The van der Waals surface area contributed by atoms with E-state index in [9.17, 15) is 4.79 Å². The average Bonchev–Trinajstić information content (AvgIpc) is 2.56. The lowest BCUT2D eigenvalue weighted by atomic mass is 10.0. The number of nitrogens with zero attached hydrogens (tertiary/aromatic N) is 2. The molecule has 106 valence electrons. The normalized spacial score (nSPS) is 14.8. The Labute approximate surface area is 123 Å². The first-order valence-electron chi connectivity index (χ1n) is 6.88. The number of rotatable bonds is 3. The van der Waals surface area contributed by atoms with Crippen molar-refractivity contribution >= 4 is 17.3 Å². The molecule has 4 heteroatoms. The molecule has 0 N–H and O–H groups in total. The van der Waals surface area contributed by atoms with E-state index < -0.39 is 0 Å². The number of carbonyl (C=O) groups is 1. The third-order valence-electron chi connectivity index (χ3n) is 3.46. The maximum Gasteiger partial charge on any atom is 0.247 e. The molecule has 1 aliphatic heterocycles. The Hall–Kier alpha value is -2.62. The van der Waals surface area contributed by atoms with Gasteiger partial charge in [-0.1, -0.05) is 18.2 Å². The van der Waals surface area contributed by atoms with Crippen molar-refractivity contribution in [3.05, 3.63) is 60.2 Å². The van der Waals surface area contributed by atoms with Crippen molar-refractivity contribution in [2.45, 2.75) is 12.8 Å². The van der Waals surface area contributed by atoms with Gasteiger partial charge in [0.05, 0.1) is 18.5 Å². The summed E-state index contributed by atoms with van der Waals surface area (Å²) in [5.74, 6) is 0.838. The number of amides is 1. The van der Waals surface area contributed by atoms with Gasteiger partial charge in [-0.15, -0.1) is 0 Å². The second kappa shape index (κ2) is 5.79. The van der Waals surface area contributed by atoms with Crippen LogP contribution in [-0.2, 0) is 4.79 Å². The molecule has 4 nitrogen and oxygen atoms in total. The summed E-state index contributed by atoms with van der Waals surface area (Å²) in [6.45, 7) is 0. The standard InChI is InChI=1S/C17H16N2O2/c1-21-15-9-7-13(8-10-15)16-11-12-17(20)19(18-16)14-5-3-2-4-6-14/h2-10H,11-12H2,1H3. The summed E-state index contributed by atoms with van der Waals surface area (Å²) in [6.07, 6.45) is 1.13. The van der Waals surface area contributed by atoms with Crippen molar-refractivity contribution in [3.63, 3.8) is 0 Å². The van der Waals surface area contributed by atoms with Crippen LogP contribution in [0.25, 0.3) is 0 Å². The minimum absolute atomic E-state index is 0.0264. The summed E-state index contributed by atoms with van der Waals surface area (Å²) in [5, 5.41) is 6.01. The van der Waals surface area contributed by atoms with Crippen molar-refractivity contribution < 1.29 is 9.53 Å². The molecule has 0 saturated carbocycles. The zero-order valence-corrected chi connectivity index (χ0v) is 11.8. The van der Waals surface area contributed by atoms with Crippen molar-refractivity contribution in [1.29, 1.82) is 0 Å². The fourth-order valence-corrected chi connectivity index (χ4v) is 2.31. The van der Waals surface area contributed by atoms with Gasteiger partial charge in [0.15, 0.2) is 0 Å². The zero-order valence-electron chi connectivity index (χ0n) is 11.8. The number of methoxy groups -OCH3 is 1. The minimum Gasteiger partial charge on any atom is -0.497 e. The lowest BCUT2D eigenvalue weighted by Crippen LogP contribution is -2.31. The van der Waals surface area contributed by atoms with E-state index in [0.29, 0.717) is 12.8 Å². The van der Waals surface area contributed by atoms with E-state index in [-0.39, 0.29) is 5.91 Å². The number of hydrogen-bond acceptors (Lipinski definition) is 3. The molecule has 0 saturated heterocycles. The van der Waals surface area contributed by atoms with Gasteiger partial charge >= 0.3 is 0 Å². The first-order chi connectivity index (χ1) is 10.3. The minimum atomic E-state index is 0.0264. The Kier molecular flexibility index (Phi) is 3.69. The molecule has 3 rings (SSSR count). The highest BCUT2D eigenvalue weighted by molar-refractivity contribution is 6.08. The van der Waals surface area contributed by atoms with E-state index in [4.69, 9.17) is 4.74 Å². The molecule has 0 spiro atoms. The lowest BCUT2D eigenvalue weighted by molar-refractivity contribution is -0.118. The Balaban J connectivity index is 1.93. The molecule has 2 aromatic rings. The van der Waals surface area contributed by atoms with E-state index >= 15 is 0 Å². The van der Waals surface area contributed by atoms with Crippen LogP contribution in [0.15, 0.2) is 59.7 Å². The fourth-order valence-electron chi connectivity index (χ4n) is 2.31. The Bertz CT molecular complexity index is 663. The van der Waals surface area contributed by atoms with Gasteiger partial charge in [-0.3, -0.25) is 4.79 Å². The number of anilines is 1. The van der Waals surface area contributed by atoms with Crippen LogP contribution in [0.1, 0.15) is 18.4 Å². The van der Waals surface area contributed by atoms with Gasteiger partial charge in [0.25, 0.3) is 0 Å². The van der Waals surface area contributed by atoms with Gasteiger partial charge in [-0.2, -0.15) is 5.10 Å². The molecule has 0 fully saturated rings. The van der Waals surface area contributed by atoms with E-state index in [2.05, 4.69) is 5.10 Å². The molecule has 1 amide bonds. The number of carbonyl (C=O) groups excluding carboxylic acids is 1. The third kappa shape index (κ3) is 2.79. The third-order valence-corrected chi connectivity index (χ3v) is 3.46. The van der Waals surface area contributed by atoms with Gasteiger partial charge in [-0.05, 0) is 42.0 Å². The Morgan fingerprint density at radius 3 is 2.38 bits per heavy atom. The molecular weight excluding hydrogens is 264 g/mol. The highest BCUT2D eigenvalue weighted by atomic mass is 16.5. The van der Waals surface area contributed by atoms with Crippen LogP contribution in [0.3, 0.4) is 0 Å². The molecule has 1 heterocycles. The Morgan fingerprint density at radius 1 is 1.00 bits per heavy atom. The molecule has 0 unspecified atom stereocenters. The highest BCUT2D eigenvalue weighted by Crippen LogP contribution is 2.22. The van der Waals surface area contributed by atoms with Gasteiger partial charge in [0.2, 0.25) is 5.91 Å². The molecule has 2 aromatic carbocycles. The maximum atomic E-state index is 12.1. The highest BCUT2D eigenvalue weighted by Gasteiger charge is 2.22. The Morgan fingerprint density at radius 2 is 1.71 bits per heavy atom. The number of ether oxygens (including phenoxy) is 1. The first kappa shape index (κ1) is 13.4. The van der Waals surface area contributed by atoms with E-state index in [0.717, 1.165) is 22.7 Å². The fraction of sp³-hybridized carbons (Fsp3) is 0.176. The van der Waals surface area contributed by atoms with Crippen LogP contribution >= 0.6 is 0 Å². The number of hydrazone groups is 1. The largest absolute Gasteiger partial charge is 0.497 e. The number of para-hydroxylation sites is 1.